The first-order chi connectivity index (χ1) is 7.00. The van der Waals surface area contributed by atoms with E-state index in [1.807, 2.05) is 39.8 Å². The van der Waals surface area contributed by atoms with E-state index in [-0.39, 0.29) is 11.2 Å². The topological polar surface area (TPSA) is 0 Å². The van der Waals surface area contributed by atoms with E-state index in [0.717, 1.165) is 0 Å². The Morgan fingerprint density at radius 3 is 1.40 bits per heavy atom. The summed E-state index contributed by atoms with van der Waals surface area (Å²) in [5.74, 6) is -0.169. The molecular formula is C14H25F. The number of benzene rings is 1. The summed E-state index contributed by atoms with van der Waals surface area (Å²) in [6.07, 6.45) is 0. The van der Waals surface area contributed by atoms with E-state index in [9.17, 15) is 4.39 Å². The van der Waals surface area contributed by atoms with Crippen LogP contribution < -0.4 is 0 Å². The van der Waals surface area contributed by atoms with Gasteiger partial charge in [0.15, 0.2) is 0 Å². The van der Waals surface area contributed by atoms with E-state index in [4.69, 9.17) is 0 Å². The minimum absolute atomic E-state index is 0.119. The first-order valence-corrected chi connectivity index (χ1v) is 5.76. The van der Waals surface area contributed by atoms with Crippen molar-refractivity contribution < 1.29 is 4.39 Å². The lowest BCUT2D eigenvalue weighted by Gasteiger charge is -2.18. The molecule has 0 unspecified atom stereocenters. The van der Waals surface area contributed by atoms with Crippen LogP contribution >= 0.6 is 0 Å². The molecule has 1 heteroatoms. The van der Waals surface area contributed by atoms with Crippen LogP contribution in [0.15, 0.2) is 24.3 Å². The molecule has 0 bridgehead atoms. The van der Waals surface area contributed by atoms with E-state index in [1.165, 1.54) is 17.7 Å². The van der Waals surface area contributed by atoms with Gasteiger partial charge in [0.05, 0.1) is 0 Å². The fraction of sp³-hybridized carbons (Fsp3) is 0.571. The second-order valence-electron chi connectivity index (χ2n) is 3.76. The minimum Gasteiger partial charge on any atom is -0.207 e. The van der Waals surface area contributed by atoms with Crippen molar-refractivity contribution >= 4 is 0 Å². The molecule has 0 fully saturated rings. The summed E-state index contributed by atoms with van der Waals surface area (Å²) >= 11 is 0. The van der Waals surface area contributed by atoms with E-state index in [2.05, 4.69) is 20.8 Å². The zero-order chi connectivity index (χ0) is 12.5. The van der Waals surface area contributed by atoms with Gasteiger partial charge in [-0.1, -0.05) is 60.6 Å². The van der Waals surface area contributed by atoms with Gasteiger partial charge in [-0.2, -0.15) is 0 Å². The van der Waals surface area contributed by atoms with Crippen LogP contribution in [0.5, 0.6) is 0 Å². The van der Waals surface area contributed by atoms with E-state index < -0.39 is 0 Å². The van der Waals surface area contributed by atoms with Crippen LogP contribution in [0.1, 0.15) is 54.0 Å². The van der Waals surface area contributed by atoms with Crippen molar-refractivity contribution in [3.8, 4) is 0 Å². The number of hydrogen-bond donors (Lipinski definition) is 0. The van der Waals surface area contributed by atoms with Gasteiger partial charge in [-0.15, -0.1) is 0 Å². The average Bonchev–Trinajstić information content (AvgIpc) is 2.23. The van der Waals surface area contributed by atoms with Gasteiger partial charge in [-0.05, 0) is 23.1 Å². The van der Waals surface area contributed by atoms with Crippen molar-refractivity contribution in [1.29, 1.82) is 0 Å². The lowest BCUT2D eigenvalue weighted by atomic mass is 9.87. The second-order valence-corrected chi connectivity index (χ2v) is 3.76. The molecule has 0 amide bonds. The molecular weight excluding hydrogens is 187 g/mol. The Morgan fingerprint density at radius 1 is 0.800 bits per heavy atom. The SMILES string of the molecule is CC.CC.CC(C)(C)c1ccc(F)cc1. The predicted octanol–water partition coefficient (Wildman–Crippen LogP) is 5.18. The summed E-state index contributed by atoms with van der Waals surface area (Å²) in [6, 6.07) is 6.66. The van der Waals surface area contributed by atoms with Crippen LogP contribution in [-0.2, 0) is 5.41 Å². The van der Waals surface area contributed by atoms with Crippen molar-refractivity contribution in [3.05, 3.63) is 35.6 Å². The van der Waals surface area contributed by atoms with Gasteiger partial charge < -0.3 is 0 Å². The monoisotopic (exact) mass is 212 g/mol. The fourth-order valence-corrected chi connectivity index (χ4v) is 0.950. The third kappa shape index (κ3) is 7.12. The molecule has 88 valence electrons. The van der Waals surface area contributed by atoms with Gasteiger partial charge in [0.1, 0.15) is 5.82 Å². The molecule has 0 nitrogen and oxygen atoms in total. The fourth-order valence-electron chi connectivity index (χ4n) is 0.950. The Balaban J connectivity index is 0. The second kappa shape index (κ2) is 8.46. The van der Waals surface area contributed by atoms with Gasteiger partial charge in [-0.25, -0.2) is 4.39 Å². The molecule has 1 rings (SSSR count). The summed E-state index contributed by atoms with van der Waals surface area (Å²) in [6.45, 7) is 14.3. The Hall–Kier alpha value is -0.850. The summed E-state index contributed by atoms with van der Waals surface area (Å²) in [7, 11) is 0. The van der Waals surface area contributed by atoms with Crippen LogP contribution in [0, 0.1) is 5.82 Å². The summed E-state index contributed by atoms with van der Waals surface area (Å²) in [5.41, 5.74) is 1.28. The molecule has 0 aliphatic carbocycles. The maximum Gasteiger partial charge on any atom is 0.123 e. The van der Waals surface area contributed by atoms with Gasteiger partial charge in [0, 0.05) is 0 Å². The molecule has 0 atom stereocenters. The molecule has 0 aliphatic rings. The minimum atomic E-state index is -0.169. The first kappa shape index (κ1) is 16.6. The van der Waals surface area contributed by atoms with Crippen LogP contribution in [0.3, 0.4) is 0 Å². The Labute approximate surface area is 94.5 Å². The molecule has 1 aromatic carbocycles. The number of halogens is 1. The predicted molar refractivity (Wildman–Crippen MR) is 67.8 cm³/mol. The highest BCUT2D eigenvalue weighted by Gasteiger charge is 2.12. The lowest BCUT2D eigenvalue weighted by Crippen LogP contribution is -2.10. The summed E-state index contributed by atoms with van der Waals surface area (Å²) in [4.78, 5) is 0. The molecule has 0 aromatic heterocycles. The smallest absolute Gasteiger partial charge is 0.123 e. The zero-order valence-corrected chi connectivity index (χ0v) is 11.2. The average molecular weight is 212 g/mol. The number of hydrogen-bond acceptors (Lipinski definition) is 0. The highest BCUT2D eigenvalue weighted by Crippen LogP contribution is 2.21. The van der Waals surface area contributed by atoms with Crippen molar-refractivity contribution in [2.24, 2.45) is 0 Å². The van der Waals surface area contributed by atoms with Crippen molar-refractivity contribution in [2.45, 2.75) is 53.9 Å². The molecule has 0 N–H and O–H groups in total. The zero-order valence-electron chi connectivity index (χ0n) is 11.2. The Kier molecular flexibility index (Phi) is 9.35. The highest BCUT2D eigenvalue weighted by molar-refractivity contribution is 5.22. The Morgan fingerprint density at radius 2 is 1.13 bits per heavy atom. The molecule has 0 saturated carbocycles. The van der Waals surface area contributed by atoms with E-state index in [1.54, 1.807) is 0 Å². The van der Waals surface area contributed by atoms with Crippen LogP contribution in [0.25, 0.3) is 0 Å². The van der Waals surface area contributed by atoms with Crippen molar-refractivity contribution in [3.63, 3.8) is 0 Å². The highest BCUT2D eigenvalue weighted by atomic mass is 19.1. The standard InChI is InChI=1S/C10H13F.2C2H6/c1-10(2,3)8-4-6-9(11)7-5-8;2*1-2/h4-7H,1-3H3;2*1-2H3. The molecule has 15 heavy (non-hydrogen) atoms. The van der Waals surface area contributed by atoms with Crippen molar-refractivity contribution in [1.82, 2.24) is 0 Å². The van der Waals surface area contributed by atoms with E-state index in [0.29, 0.717) is 0 Å². The third-order valence-corrected chi connectivity index (χ3v) is 1.71. The van der Waals surface area contributed by atoms with Crippen LogP contribution in [0.4, 0.5) is 4.39 Å². The van der Waals surface area contributed by atoms with Gasteiger partial charge in [0.25, 0.3) is 0 Å². The summed E-state index contributed by atoms with van der Waals surface area (Å²) in [5, 5.41) is 0. The van der Waals surface area contributed by atoms with E-state index >= 15 is 0 Å². The molecule has 0 spiro atoms. The lowest BCUT2D eigenvalue weighted by molar-refractivity contribution is 0.583. The molecule has 0 aliphatic heterocycles. The molecule has 0 saturated heterocycles. The van der Waals surface area contributed by atoms with Crippen LogP contribution in [0.2, 0.25) is 0 Å². The quantitative estimate of drug-likeness (QED) is 0.556. The Bertz CT molecular complexity index is 229. The normalized spacial score (nSPS) is 9.33. The van der Waals surface area contributed by atoms with Gasteiger partial charge in [0.2, 0.25) is 0 Å². The van der Waals surface area contributed by atoms with Crippen LogP contribution in [-0.4, -0.2) is 0 Å². The first-order valence-electron chi connectivity index (χ1n) is 5.76. The third-order valence-electron chi connectivity index (χ3n) is 1.71. The largest absolute Gasteiger partial charge is 0.207 e. The maximum absolute atomic E-state index is 12.5. The summed E-state index contributed by atoms with van der Waals surface area (Å²) < 4.78 is 12.5. The molecule has 0 radical (unpaired) electrons. The molecule has 0 heterocycles. The maximum atomic E-state index is 12.5. The molecule has 1 aromatic rings. The number of rotatable bonds is 0. The van der Waals surface area contributed by atoms with Gasteiger partial charge in [-0.3, -0.25) is 0 Å². The van der Waals surface area contributed by atoms with Crippen molar-refractivity contribution in [2.75, 3.05) is 0 Å². The van der Waals surface area contributed by atoms with Gasteiger partial charge >= 0.3 is 0 Å².